The quantitative estimate of drug-likeness (QED) is 0.442. The number of halogens is 1. The Balaban J connectivity index is 1.29. The van der Waals surface area contributed by atoms with E-state index < -0.39 is 0 Å². The van der Waals surface area contributed by atoms with Crippen LogP contribution in [0.15, 0.2) is 70.3 Å². The fourth-order valence-electron chi connectivity index (χ4n) is 6.12. The van der Waals surface area contributed by atoms with Gasteiger partial charge in [0.05, 0.1) is 17.9 Å². The minimum Gasteiger partial charge on any atom is -0.380 e. The number of carbonyl (C=O) groups is 1. The van der Waals surface area contributed by atoms with Crippen LogP contribution >= 0.6 is 15.9 Å². The summed E-state index contributed by atoms with van der Waals surface area (Å²) in [6, 6.07) is 13.4. The molecule has 2 N–H and O–H groups in total. The third-order valence-corrected chi connectivity index (χ3v) is 9.22. The van der Waals surface area contributed by atoms with Crippen LogP contribution in [0.1, 0.15) is 50.8 Å². The Kier molecular flexibility index (Phi) is 6.72. The predicted octanol–water partition coefficient (Wildman–Crippen LogP) is 4.79. The number of nitrogens with one attached hydrogen (secondary N) is 2. The van der Waals surface area contributed by atoms with Gasteiger partial charge in [0.15, 0.2) is 0 Å². The summed E-state index contributed by atoms with van der Waals surface area (Å²) in [5.41, 5.74) is 2.61. The van der Waals surface area contributed by atoms with Crippen molar-refractivity contribution in [3.05, 3.63) is 87.0 Å². The van der Waals surface area contributed by atoms with E-state index in [0.717, 1.165) is 17.5 Å². The van der Waals surface area contributed by atoms with Gasteiger partial charge in [-0.3, -0.25) is 14.6 Å². The van der Waals surface area contributed by atoms with Gasteiger partial charge < -0.3 is 10.6 Å². The van der Waals surface area contributed by atoms with Gasteiger partial charge in [-0.2, -0.15) is 5.10 Å². The minimum atomic E-state index is -0.356. The number of hydrogen-bond acceptors (Lipinski definition) is 5. The smallest absolute Gasteiger partial charge is 0.283 e. The molecule has 0 saturated heterocycles. The molecule has 2 bridgehead atoms. The number of amides is 1. The average molecular weight is 551 g/mol. The maximum atomic E-state index is 13.1. The number of rotatable bonds is 7. The second-order valence-electron chi connectivity index (χ2n) is 10.7. The first kappa shape index (κ1) is 24.7. The van der Waals surface area contributed by atoms with Gasteiger partial charge in [0.25, 0.3) is 5.56 Å². The van der Waals surface area contributed by atoms with Crippen LogP contribution in [0.4, 0.5) is 5.69 Å². The first-order chi connectivity index (χ1) is 17.3. The highest BCUT2D eigenvalue weighted by Crippen LogP contribution is 2.61. The molecule has 1 aromatic carbocycles. The Hall–Kier alpha value is -3.00. The molecule has 36 heavy (non-hydrogen) atoms. The molecule has 1 unspecified atom stereocenters. The molecule has 3 aliphatic carbocycles. The summed E-state index contributed by atoms with van der Waals surface area (Å²) in [6.45, 7) is 6.88. The number of hydrogen-bond donors (Lipinski definition) is 2. The lowest BCUT2D eigenvalue weighted by molar-refractivity contribution is -0.122. The highest BCUT2D eigenvalue weighted by Gasteiger charge is 2.56. The maximum absolute atomic E-state index is 13.1. The van der Waals surface area contributed by atoms with Crippen molar-refractivity contribution in [2.75, 3.05) is 5.32 Å². The number of fused-ring (bicyclic) bond motifs is 2. The van der Waals surface area contributed by atoms with E-state index in [1.165, 1.54) is 11.1 Å². The maximum Gasteiger partial charge on any atom is 0.283 e. The van der Waals surface area contributed by atoms with Gasteiger partial charge in [0.1, 0.15) is 11.0 Å². The molecule has 3 fully saturated rings. The van der Waals surface area contributed by atoms with Crippen molar-refractivity contribution in [1.29, 1.82) is 0 Å². The lowest BCUT2D eigenvalue weighted by Gasteiger charge is -2.62. The van der Waals surface area contributed by atoms with Crippen LogP contribution in [0.3, 0.4) is 0 Å². The van der Waals surface area contributed by atoms with Crippen LogP contribution in [-0.4, -0.2) is 26.7 Å². The van der Waals surface area contributed by atoms with Crippen LogP contribution < -0.4 is 16.2 Å². The monoisotopic (exact) mass is 549 g/mol. The van der Waals surface area contributed by atoms with Crippen LogP contribution in [0, 0.1) is 23.2 Å². The normalized spacial score (nSPS) is 24.9. The molecular weight excluding hydrogens is 518 g/mol. The van der Waals surface area contributed by atoms with Crippen molar-refractivity contribution >= 4 is 27.5 Å². The predicted molar refractivity (Wildman–Crippen MR) is 143 cm³/mol. The molecule has 8 heteroatoms. The third-order valence-electron chi connectivity index (χ3n) is 8.45. The van der Waals surface area contributed by atoms with Crippen LogP contribution in [0.2, 0.25) is 0 Å². The van der Waals surface area contributed by atoms with E-state index in [4.69, 9.17) is 0 Å². The lowest BCUT2D eigenvalue weighted by Crippen LogP contribution is -2.58. The molecule has 2 heterocycles. The number of nitrogens with zero attached hydrogens (tertiary/aromatic N) is 3. The molecule has 3 aromatic rings. The van der Waals surface area contributed by atoms with Crippen molar-refractivity contribution in [2.45, 2.75) is 52.2 Å². The summed E-state index contributed by atoms with van der Waals surface area (Å²) in [5.74, 6) is 1.63. The second kappa shape index (κ2) is 9.81. The average Bonchev–Trinajstić information content (AvgIpc) is 2.88. The Labute approximate surface area is 219 Å². The van der Waals surface area contributed by atoms with Gasteiger partial charge in [-0.15, -0.1) is 0 Å². The van der Waals surface area contributed by atoms with Crippen molar-refractivity contribution in [3.8, 4) is 0 Å². The van der Waals surface area contributed by atoms with Crippen molar-refractivity contribution in [1.82, 2.24) is 20.1 Å². The summed E-state index contributed by atoms with van der Waals surface area (Å²) in [4.78, 5) is 30.2. The fraction of sp³-hybridized carbons (Fsp3) is 0.429. The Morgan fingerprint density at radius 3 is 2.50 bits per heavy atom. The van der Waals surface area contributed by atoms with Gasteiger partial charge in [0, 0.05) is 18.4 Å². The fourth-order valence-corrected chi connectivity index (χ4v) is 6.54. The third kappa shape index (κ3) is 4.59. The lowest BCUT2D eigenvalue weighted by atomic mass is 9.45. The first-order valence-electron chi connectivity index (χ1n) is 12.5. The molecule has 3 saturated carbocycles. The summed E-state index contributed by atoms with van der Waals surface area (Å²) in [7, 11) is 0. The Morgan fingerprint density at radius 2 is 1.83 bits per heavy atom. The number of pyridine rings is 1. The van der Waals surface area contributed by atoms with Crippen LogP contribution in [-0.2, 0) is 11.3 Å². The SMILES string of the molecule is C[C@H]1[C@H](Nc2cnn(CC(=O)NC(c3ccccc3)c3ccncc3)c(=O)c2Br)C[C@H]2C[C@@H]1C2(C)C. The highest BCUT2D eigenvalue weighted by molar-refractivity contribution is 9.10. The van der Waals surface area contributed by atoms with E-state index in [-0.39, 0.29) is 24.1 Å². The largest absolute Gasteiger partial charge is 0.380 e. The molecule has 1 amide bonds. The van der Waals surface area contributed by atoms with Gasteiger partial charge in [0.2, 0.25) is 5.91 Å². The molecule has 2 aromatic heterocycles. The van der Waals surface area contributed by atoms with Crippen LogP contribution in [0.25, 0.3) is 0 Å². The van der Waals surface area contributed by atoms with Crippen molar-refractivity contribution < 1.29 is 4.79 Å². The Bertz CT molecular complexity index is 1250. The molecule has 0 aliphatic heterocycles. The topological polar surface area (TPSA) is 88.9 Å². The van der Waals surface area contributed by atoms with Gasteiger partial charge in [-0.05, 0) is 75.2 Å². The number of benzene rings is 1. The van der Waals surface area contributed by atoms with E-state index in [2.05, 4.69) is 57.4 Å². The zero-order valence-electron chi connectivity index (χ0n) is 20.8. The summed E-state index contributed by atoms with van der Waals surface area (Å²) in [5, 5.41) is 10.9. The zero-order valence-corrected chi connectivity index (χ0v) is 22.4. The molecule has 3 aliphatic rings. The highest BCUT2D eigenvalue weighted by atomic mass is 79.9. The van der Waals surface area contributed by atoms with Gasteiger partial charge in [-0.25, -0.2) is 4.68 Å². The molecule has 5 atom stereocenters. The number of aromatic nitrogens is 3. The van der Waals surface area contributed by atoms with E-state index in [0.29, 0.717) is 39.4 Å². The first-order valence-corrected chi connectivity index (χ1v) is 13.3. The molecule has 6 rings (SSSR count). The standard InChI is InChI=1S/C28H32BrN5O2/c1-17-21-13-20(28(21,2)3)14-22(17)32-23-15-31-34(27(36)25(23)29)16-24(35)33-26(18-7-5-4-6-8-18)19-9-11-30-12-10-19/h4-12,15,17,20-22,26,32H,13-14,16H2,1-3H3,(H,33,35)/t17-,20-,21+,22-,26?/m1/s1. The summed E-state index contributed by atoms with van der Waals surface area (Å²) >= 11 is 3.47. The van der Waals surface area contributed by atoms with Crippen molar-refractivity contribution in [2.24, 2.45) is 23.2 Å². The second-order valence-corrected chi connectivity index (χ2v) is 11.5. The van der Waals surface area contributed by atoms with Gasteiger partial charge in [-0.1, -0.05) is 51.1 Å². The van der Waals surface area contributed by atoms with Crippen LogP contribution in [0.5, 0.6) is 0 Å². The zero-order chi connectivity index (χ0) is 25.4. The minimum absolute atomic E-state index is 0.176. The Morgan fingerprint density at radius 1 is 1.14 bits per heavy atom. The number of anilines is 1. The van der Waals surface area contributed by atoms with E-state index >= 15 is 0 Å². The van der Waals surface area contributed by atoms with E-state index in [1.807, 2.05) is 42.5 Å². The molecule has 7 nitrogen and oxygen atoms in total. The number of carbonyl (C=O) groups excluding carboxylic acids is 1. The van der Waals surface area contributed by atoms with E-state index in [1.54, 1.807) is 18.6 Å². The van der Waals surface area contributed by atoms with Gasteiger partial charge >= 0.3 is 0 Å². The molecule has 188 valence electrons. The molecule has 0 radical (unpaired) electrons. The summed E-state index contributed by atoms with van der Waals surface area (Å²) < 4.78 is 1.61. The molecular formula is C28H32BrN5O2. The van der Waals surface area contributed by atoms with Crippen molar-refractivity contribution in [3.63, 3.8) is 0 Å². The molecule has 0 spiro atoms. The summed E-state index contributed by atoms with van der Waals surface area (Å²) in [6.07, 6.45) is 7.44. The van der Waals surface area contributed by atoms with E-state index in [9.17, 15) is 9.59 Å².